The molecule has 1 saturated heterocycles. The predicted molar refractivity (Wildman–Crippen MR) is 150 cm³/mol. The number of nitrogens with two attached hydrogens (primary N) is 1. The van der Waals surface area contributed by atoms with Crippen molar-refractivity contribution in [1.29, 1.82) is 0 Å². The summed E-state index contributed by atoms with van der Waals surface area (Å²) < 4.78 is 0. The number of aliphatic hydroxyl groups excluding tert-OH is 1. The Bertz CT molecular complexity index is 1420. The van der Waals surface area contributed by atoms with E-state index in [0.29, 0.717) is 22.0 Å². The van der Waals surface area contributed by atoms with Crippen LogP contribution in [0.2, 0.25) is 0 Å². The highest BCUT2D eigenvalue weighted by Crippen LogP contribution is 2.27. The quantitative estimate of drug-likeness (QED) is 0.332. The Morgan fingerprint density at radius 3 is 2.50 bits per heavy atom. The first-order valence-electron chi connectivity index (χ1n) is 13.2. The van der Waals surface area contributed by atoms with Crippen LogP contribution in [-0.4, -0.2) is 63.4 Å². The molecule has 2 fully saturated rings. The molecule has 11 heteroatoms. The third kappa shape index (κ3) is 6.21. The van der Waals surface area contributed by atoms with E-state index in [4.69, 9.17) is 5.73 Å². The van der Waals surface area contributed by atoms with Crippen molar-refractivity contribution in [2.24, 2.45) is 5.73 Å². The molecule has 2 atom stereocenters. The number of nitrogens with zero attached hydrogens (tertiary/aromatic N) is 2. The van der Waals surface area contributed by atoms with Crippen LogP contribution in [-0.2, 0) is 9.59 Å². The molecule has 1 aliphatic carbocycles. The molecule has 4 amide bonds. The summed E-state index contributed by atoms with van der Waals surface area (Å²) in [5.41, 5.74) is 7.96. The number of benzene rings is 2. The zero-order valence-electron chi connectivity index (χ0n) is 21.7. The van der Waals surface area contributed by atoms with Crippen molar-refractivity contribution in [2.45, 2.75) is 50.3 Å². The summed E-state index contributed by atoms with van der Waals surface area (Å²) in [7, 11) is 0. The zero-order chi connectivity index (χ0) is 28.2. The van der Waals surface area contributed by atoms with Crippen molar-refractivity contribution in [3.63, 3.8) is 0 Å². The van der Waals surface area contributed by atoms with Gasteiger partial charge in [-0.1, -0.05) is 43.2 Å². The Hall–Kier alpha value is -4.09. The molecule has 207 valence electrons. The molecule has 0 bridgehead atoms. The van der Waals surface area contributed by atoms with Gasteiger partial charge in [-0.2, -0.15) is 0 Å². The van der Waals surface area contributed by atoms with Crippen LogP contribution in [0.4, 0.5) is 5.13 Å². The lowest BCUT2D eigenvalue weighted by Crippen LogP contribution is -2.43. The molecule has 2 aromatic carbocycles. The van der Waals surface area contributed by atoms with Crippen LogP contribution >= 0.6 is 11.3 Å². The van der Waals surface area contributed by atoms with E-state index < -0.39 is 29.9 Å². The van der Waals surface area contributed by atoms with E-state index in [1.54, 1.807) is 35.7 Å². The second-order valence-corrected chi connectivity index (χ2v) is 10.9. The SMILES string of the molecule is NC(=O)c1ccccc1[CH]C(=O)N1C[C@@H](O)C[C@H]1C(=O)Nc1nc(-c2ccc(C(=O)NC3CCCC3)cc2)cs1. The lowest BCUT2D eigenvalue weighted by atomic mass is 10.0. The van der Waals surface area contributed by atoms with Gasteiger partial charge < -0.3 is 26.4 Å². The van der Waals surface area contributed by atoms with Gasteiger partial charge in [-0.15, -0.1) is 11.3 Å². The van der Waals surface area contributed by atoms with Crippen molar-refractivity contribution < 1.29 is 24.3 Å². The predicted octanol–water partition coefficient (Wildman–Crippen LogP) is 2.73. The molecular weight excluding hydrogens is 530 g/mol. The number of β-amino-alcohol motifs (C(OH)–C–C–N with tert-alkyl or cyclic N) is 1. The van der Waals surface area contributed by atoms with Gasteiger partial charge in [0.15, 0.2) is 5.13 Å². The monoisotopic (exact) mass is 560 g/mol. The van der Waals surface area contributed by atoms with E-state index in [1.165, 1.54) is 28.7 Å². The molecule has 3 aromatic rings. The highest BCUT2D eigenvalue weighted by molar-refractivity contribution is 7.14. The maximum atomic E-state index is 13.1. The molecule has 0 spiro atoms. The van der Waals surface area contributed by atoms with Gasteiger partial charge in [0.1, 0.15) is 6.04 Å². The standard InChI is InChI=1S/C29H30N5O5S/c30-26(37)22-8-4-1-5-19(22)13-25(36)34-15-21(35)14-24(34)28(39)33-29-32-23(16-40-29)17-9-11-18(12-10-17)27(38)31-20-6-2-3-7-20/h1,4-5,8-13,16,20-21,24,35H,2-3,6-7,14-15H2,(H2,30,37)(H,31,38)(H,32,33,39)/t21-,24-/m0/s1. The van der Waals surface area contributed by atoms with Gasteiger partial charge in [0, 0.05) is 41.1 Å². The minimum Gasteiger partial charge on any atom is -0.391 e. The maximum absolute atomic E-state index is 13.1. The van der Waals surface area contributed by atoms with Crippen LogP contribution in [0.1, 0.15) is 58.4 Å². The second-order valence-electron chi connectivity index (χ2n) is 10.1. The molecule has 2 aliphatic rings. The number of carbonyl (C=O) groups is 4. The Labute approximate surface area is 235 Å². The minimum absolute atomic E-state index is 0.0179. The van der Waals surface area contributed by atoms with Crippen molar-refractivity contribution >= 4 is 40.1 Å². The Morgan fingerprint density at radius 2 is 1.77 bits per heavy atom. The maximum Gasteiger partial charge on any atom is 0.251 e. The van der Waals surface area contributed by atoms with Crippen LogP contribution in [0, 0.1) is 6.42 Å². The van der Waals surface area contributed by atoms with E-state index in [-0.39, 0.29) is 30.5 Å². The molecule has 1 saturated carbocycles. The summed E-state index contributed by atoms with van der Waals surface area (Å²) in [5, 5.41) is 18.2. The number of hydrogen-bond acceptors (Lipinski definition) is 7. The second kappa shape index (κ2) is 12.0. The first kappa shape index (κ1) is 27.5. The molecule has 1 radical (unpaired) electrons. The number of rotatable bonds is 8. The fourth-order valence-electron chi connectivity index (χ4n) is 5.15. The third-order valence-corrected chi connectivity index (χ3v) is 8.00. The highest BCUT2D eigenvalue weighted by Gasteiger charge is 2.39. The molecule has 5 N–H and O–H groups in total. The third-order valence-electron chi connectivity index (χ3n) is 7.24. The number of thiazole rings is 1. The summed E-state index contributed by atoms with van der Waals surface area (Å²) in [4.78, 5) is 56.2. The number of primary amides is 1. The summed E-state index contributed by atoms with van der Waals surface area (Å²) in [5.74, 6) is -1.74. The minimum atomic E-state index is -0.912. The topological polar surface area (TPSA) is 155 Å². The van der Waals surface area contributed by atoms with Crippen molar-refractivity contribution in [3.8, 4) is 11.3 Å². The molecule has 5 rings (SSSR count). The zero-order valence-corrected chi connectivity index (χ0v) is 22.5. The number of aliphatic hydroxyl groups is 1. The number of hydrogen-bond donors (Lipinski definition) is 4. The van der Waals surface area contributed by atoms with Gasteiger partial charge in [0.2, 0.25) is 17.7 Å². The molecule has 1 aliphatic heterocycles. The molecule has 0 unspecified atom stereocenters. The summed E-state index contributed by atoms with van der Waals surface area (Å²) in [6, 6.07) is 12.9. The van der Waals surface area contributed by atoms with Crippen LogP contribution in [0.25, 0.3) is 11.3 Å². The van der Waals surface area contributed by atoms with E-state index in [2.05, 4.69) is 15.6 Å². The number of carbonyl (C=O) groups excluding carboxylic acids is 4. The smallest absolute Gasteiger partial charge is 0.251 e. The summed E-state index contributed by atoms with van der Waals surface area (Å²) in [6.45, 7) is -0.0179. The van der Waals surface area contributed by atoms with E-state index >= 15 is 0 Å². The van der Waals surface area contributed by atoms with E-state index in [9.17, 15) is 24.3 Å². The van der Waals surface area contributed by atoms with Crippen molar-refractivity contribution in [2.75, 3.05) is 11.9 Å². The molecule has 2 heterocycles. The number of aromatic nitrogens is 1. The highest BCUT2D eigenvalue weighted by atomic mass is 32.1. The number of nitrogens with one attached hydrogen (secondary N) is 2. The molecular formula is C29H30N5O5S. The van der Waals surface area contributed by atoms with Gasteiger partial charge >= 0.3 is 0 Å². The van der Waals surface area contributed by atoms with Gasteiger partial charge in [0.05, 0.1) is 18.2 Å². The Morgan fingerprint density at radius 1 is 1.05 bits per heavy atom. The van der Waals surface area contributed by atoms with Crippen LogP contribution in [0.3, 0.4) is 0 Å². The van der Waals surface area contributed by atoms with Crippen LogP contribution in [0.5, 0.6) is 0 Å². The summed E-state index contributed by atoms with van der Waals surface area (Å²) >= 11 is 1.23. The van der Waals surface area contributed by atoms with Crippen molar-refractivity contribution in [1.82, 2.24) is 15.2 Å². The number of anilines is 1. The lowest BCUT2D eigenvalue weighted by Gasteiger charge is -2.23. The Kier molecular flexibility index (Phi) is 8.22. The van der Waals surface area contributed by atoms with Gasteiger partial charge in [-0.05, 0) is 36.6 Å². The first-order chi connectivity index (χ1) is 19.3. The lowest BCUT2D eigenvalue weighted by molar-refractivity contribution is -0.133. The summed E-state index contributed by atoms with van der Waals surface area (Å²) in [6.07, 6.45) is 4.78. The van der Waals surface area contributed by atoms with E-state index in [0.717, 1.165) is 31.2 Å². The van der Waals surface area contributed by atoms with Gasteiger partial charge in [-0.3, -0.25) is 19.2 Å². The fraction of sp³-hybridized carbons (Fsp3) is 0.310. The van der Waals surface area contributed by atoms with E-state index in [1.807, 2.05) is 12.1 Å². The van der Waals surface area contributed by atoms with Crippen LogP contribution < -0.4 is 16.4 Å². The Balaban J connectivity index is 1.22. The number of likely N-dealkylation sites (tertiary alicyclic amines) is 1. The molecule has 40 heavy (non-hydrogen) atoms. The number of amides is 4. The van der Waals surface area contributed by atoms with Gasteiger partial charge in [-0.25, -0.2) is 4.98 Å². The largest absolute Gasteiger partial charge is 0.391 e. The van der Waals surface area contributed by atoms with Crippen LogP contribution in [0.15, 0.2) is 53.9 Å². The fourth-order valence-corrected chi connectivity index (χ4v) is 5.88. The van der Waals surface area contributed by atoms with Gasteiger partial charge in [0.25, 0.3) is 5.91 Å². The normalized spacial score (nSPS) is 19.0. The molecule has 1 aromatic heterocycles. The average Bonchev–Trinajstić information content (AvgIpc) is 3.71. The van der Waals surface area contributed by atoms with Crippen molar-refractivity contribution in [3.05, 3.63) is 77.0 Å². The first-order valence-corrected chi connectivity index (χ1v) is 14.1. The molecule has 10 nitrogen and oxygen atoms in total. The average molecular weight is 561 g/mol.